The maximum absolute atomic E-state index is 9.91. The van der Waals surface area contributed by atoms with Crippen LogP contribution in [0.5, 0.6) is 0 Å². The molecule has 0 bridgehead atoms. The van der Waals surface area contributed by atoms with Gasteiger partial charge in [-0.25, -0.2) is 0 Å². The van der Waals surface area contributed by atoms with Crippen molar-refractivity contribution < 1.29 is 15.3 Å². The third-order valence-corrected chi connectivity index (χ3v) is 4.73. The summed E-state index contributed by atoms with van der Waals surface area (Å²) in [7, 11) is 1.68. The van der Waals surface area contributed by atoms with E-state index in [1.165, 1.54) is 64.2 Å². The van der Waals surface area contributed by atoms with E-state index in [9.17, 15) is 10.2 Å². The number of likely N-dealkylation sites (N-methyl/N-ethyl adjacent to an activating group) is 1. The van der Waals surface area contributed by atoms with Gasteiger partial charge >= 0.3 is 0 Å². The minimum absolute atomic E-state index is 0.160. The lowest BCUT2D eigenvalue weighted by Gasteiger charge is -2.24. The number of hydrogen-bond donors (Lipinski definition) is 4. The Labute approximate surface area is 143 Å². The number of aliphatic hydroxyl groups is 3. The molecule has 0 aliphatic rings. The molecule has 0 saturated heterocycles. The largest absolute Gasteiger partial charge is 0.395 e. The van der Waals surface area contributed by atoms with E-state index in [4.69, 9.17) is 5.11 Å². The van der Waals surface area contributed by atoms with Crippen molar-refractivity contribution in [1.29, 1.82) is 0 Å². The summed E-state index contributed by atoms with van der Waals surface area (Å²) in [5.41, 5.74) is 0. The third kappa shape index (κ3) is 12.9. The van der Waals surface area contributed by atoms with Gasteiger partial charge < -0.3 is 20.6 Å². The van der Waals surface area contributed by atoms with Crippen molar-refractivity contribution in [3.8, 4) is 0 Å². The van der Waals surface area contributed by atoms with Crippen LogP contribution in [0.3, 0.4) is 0 Å². The van der Waals surface area contributed by atoms with Crippen LogP contribution in [0.4, 0.5) is 0 Å². The summed E-state index contributed by atoms with van der Waals surface area (Å²) >= 11 is 0. The van der Waals surface area contributed by atoms with Gasteiger partial charge in [0.25, 0.3) is 0 Å². The average molecular weight is 332 g/mol. The first-order chi connectivity index (χ1) is 11.2. The highest BCUT2D eigenvalue weighted by Crippen LogP contribution is 2.14. The minimum Gasteiger partial charge on any atom is -0.395 e. The van der Waals surface area contributed by atoms with Gasteiger partial charge in [0.1, 0.15) is 0 Å². The molecule has 0 rings (SSSR count). The van der Waals surface area contributed by atoms with Crippen molar-refractivity contribution in [2.45, 2.75) is 109 Å². The first-order valence-electron chi connectivity index (χ1n) is 9.81. The molecular weight excluding hydrogens is 290 g/mol. The molecule has 0 aromatic carbocycles. The van der Waals surface area contributed by atoms with E-state index in [1.807, 2.05) is 0 Å². The maximum Gasteiger partial charge on any atom is 0.0973 e. The van der Waals surface area contributed by atoms with E-state index in [2.05, 4.69) is 12.2 Å². The van der Waals surface area contributed by atoms with Crippen LogP contribution in [-0.2, 0) is 0 Å². The monoisotopic (exact) mass is 331 g/mol. The molecule has 0 amide bonds. The predicted molar refractivity (Wildman–Crippen MR) is 97.6 cm³/mol. The van der Waals surface area contributed by atoms with Crippen LogP contribution in [-0.4, -0.2) is 47.2 Å². The SMILES string of the molecule is CCCCCCCCCCCCCCC(O)C(O)C(CO)NC. The number of unbranched alkanes of at least 4 members (excludes halogenated alkanes) is 11. The van der Waals surface area contributed by atoms with Crippen LogP contribution < -0.4 is 5.32 Å². The lowest BCUT2D eigenvalue weighted by atomic mass is 9.99. The molecular formula is C19H41NO3. The van der Waals surface area contributed by atoms with Crippen LogP contribution in [0.1, 0.15) is 90.4 Å². The molecule has 0 radical (unpaired) electrons. The van der Waals surface area contributed by atoms with Crippen molar-refractivity contribution >= 4 is 0 Å². The molecule has 0 aliphatic carbocycles. The zero-order valence-electron chi connectivity index (χ0n) is 15.5. The van der Waals surface area contributed by atoms with Crippen LogP contribution in [0.15, 0.2) is 0 Å². The lowest BCUT2D eigenvalue weighted by Crippen LogP contribution is -2.47. The molecule has 0 fully saturated rings. The second kappa shape index (κ2) is 16.7. The van der Waals surface area contributed by atoms with Gasteiger partial charge in [0.15, 0.2) is 0 Å². The predicted octanol–water partition coefficient (Wildman–Crippen LogP) is 3.38. The summed E-state index contributed by atoms with van der Waals surface area (Å²) in [6.07, 6.45) is 14.5. The fourth-order valence-corrected chi connectivity index (χ4v) is 3.00. The Balaban J connectivity index is 3.35. The summed E-state index contributed by atoms with van der Waals surface area (Å²) in [5, 5.41) is 31.7. The normalized spacial score (nSPS) is 15.5. The Morgan fingerprint density at radius 2 is 1.17 bits per heavy atom. The molecule has 4 N–H and O–H groups in total. The van der Waals surface area contributed by atoms with Crippen LogP contribution in [0, 0.1) is 0 Å². The van der Waals surface area contributed by atoms with E-state index in [0.29, 0.717) is 6.42 Å². The molecule has 0 aromatic rings. The number of nitrogens with one attached hydrogen (secondary N) is 1. The lowest BCUT2D eigenvalue weighted by molar-refractivity contribution is -0.0193. The van der Waals surface area contributed by atoms with Crippen molar-refractivity contribution in [3.63, 3.8) is 0 Å². The van der Waals surface area contributed by atoms with Gasteiger partial charge in [0, 0.05) is 0 Å². The Morgan fingerprint density at radius 3 is 1.57 bits per heavy atom. The van der Waals surface area contributed by atoms with Gasteiger partial charge in [0.2, 0.25) is 0 Å². The van der Waals surface area contributed by atoms with E-state index in [1.54, 1.807) is 7.05 Å². The molecule has 0 aliphatic heterocycles. The number of aliphatic hydroxyl groups excluding tert-OH is 3. The van der Waals surface area contributed by atoms with Gasteiger partial charge in [-0.1, -0.05) is 84.0 Å². The van der Waals surface area contributed by atoms with Gasteiger partial charge in [0.05, 0.1) is 24.9 Å². The van der Waals surface area contributed by atoms with Crippen molar-refractivity contribution in [2.24, 2.45) is 0 Å². The van der Waals surface area contributed by atoms with E-state index >= 15 is 0 Å². The molecule has 0 aromatic heterocycles. The quantitative estimate of drug-likeness (QED) is 0.308. The average Bonchev–Trinajstić information content (AvgIpc) is 2.56. The first-order valence-corrected chi connectivity index (χ1v) is 9.81. The van der Waals surface area contributed by atoms with Gasteiger partial charge in [-0.15, -0.1) is 0 Å². The molecule has 4 heteroatoms. The Kier molecular flexibility index (Phi) is 16.6. The molecule has 140 valence electrons. The second-order valence-corrected chi connectivity index (χ2v) is 6.81. The fourth-order valence-electron chi connectivity index (χ4n) is 3.00. The molecule has 4 nitrogen and oxygen atoms in total. The van der Waals surface area contributed by atoms with Gasteiger partial charge in [-0.2, -0.15) is 0 Å². The summed E-state index contributed by atoms with van der Waals surface area (Å²) in [5.74, 6) is 0. The fraction of sp³-hybridized carbons (Fsp3) is 1.00. The molecule has 23 heavy (non-hydrogen) atoms. The smallest absolute Gasteiger partial charge is 0.0973 e. The Hall–Kier alpha value is -0.160. The van der Waals surface area contributed by atoms with E-state index in [-0.39, 0.29) is 6.61 Å². The molecule has 0 saturated carbocycles. The number of hydrogen-bond acceptors (Lipinski definition) is 4. The van der Waals surface area contributed by atoms with Crippen molar-refractivity contribution in [3.05, 3.63) is 0 Å². The topological polar surface area (TPSA) is 72.7 Å². The highest BCUT2D eigenvalue weighted by Gasteiger charge is 2.23. The number of rotatable bonds is 17. The summed E-state index contributed by atoms with van der Waals surface area (Å²) in [6.45, 7) is 2.10. The van der Waals surface area contributed by atoms with Crippen LogP contribution >= 0.6 is 0 Å². The second-order valence-electron chi connectivity index (χ2n) is 6.81. The molecule has 0 heterocycles. The summed E-state index contributed by atoms with van der Waals surface area (Å²) < 4.78 is 0. The Morgan fingerprint density at radius 1 is 0.739 bits per heavy atom. The molecule has 3 atom stereocenters. The third-order valence-electron chi connectivity index (χ3n) is 4.73. The maximum atomic E-state index is 9.91. The zero-order valence-corrected chi connectivity index (χ0v) is 15.5. The highest BCUT2D eigenvalue weighted by atomic mass is 16.3. The summed E-state index contributed by atoms with van der Waals surface area (Å²) in [6, 6.07) is -0.442. The zero-order chi connectivity index (χ0) is 17.3. The van der Waals surface area contributed by atoms with E-state index < -0.39 is 18.2 Å². The summed E-state index contributed by atoms with van der Waals surface area (Å²) in [4.78, 5) is 0. The van der Waals surface area contributed by atoms with Gasteiger partial charge in [-0.05, 0) is 13.5 Å². The van der Waals surface area contributed by atoms with Crippen LogP contribution in [0.25, 0.3) is 0 Å². The minimum atomic E-state index is -0.891. The standard InChI is InChI=1S/C19H41NO3/c1-3-4-5-6-7-8-9-10-11-12-13-14-15-18(22)19(23)17(16-21)20-2/h17-23H,3-16H2,1-2H3. The van der Waals surface area contributed by atoms with Crippen LogP contribution in [0.2, 0.25) is 0 Å². The van der Waals surface area contributed by atoms with Crippen molar-refractivity contribution in [1.82, 2.24) is 5.32 Å². The first kappa shape index (κ1) is 22.8. The van der Waals surface area contributed by atoms with Crippen molar-refractivity contribution in [2.75, 3.05) is 13.7 Å². The van der Waals surface area contributed by atoms with Gasteiger partial charge in [-0.3, -0.25) is 0 Å². The highest BCUT2D eigenvalue weighted by molar-refractivity contribution is 4.79. The van der Waals surface area contributed by atoms with E-state index in [0.717, 1.165) is 12.8 Å². The Bertz CT molecular complexity index is 235. The molecule has 0 spiro atoms. The molecule has 3 unspecified atom stereocenters.